The molecule has 0 bridgehead atoms. The maximum absolute atomic E-state index is 13.7. The Morgan fingerprint density at radius 3 is 3.00 bits per heavy atom. The van der Waals surface area contributed by atoms with Crippen LogP contribution in [-0.4, -0.2) is 34.0 Å². The number of nitrogens with zero attached hydrogens (tertiary/aromatic N) is 2. The molecular formula is C16H17FN2O2. The minimum Gasteiger partial charge on any atom is -0.481 e. The molecule has 1 N–H and O–H groups in total. The topological polar surface area (TPSA) is 53.4 Å². The van der Waals surface area contributed by atoms with Crippen LogP contribution >= 0.6 is 0 Å². The summed E-state index contributed by atoms with van der Waals surface area (Å²) < 4.78 is 13.7. The van der Waals surface area contributed by atoms with Crippen molar-refractivity contribution in [1.82, 2.24) is 9.88 Å². The lowest BCUT2D eigenvalue weighted by Crippen LogP contribution is -2.23. The number of hydrogen-bond donors (Lipinski definition) is 1. The zero-order valence-corrected chi connectivity index (χ0v) is 11.8. The highest BCUT2D eigenvalue weighted by Gasteiger charge is 2.34. The predicted molar refractivity (Wildman–Crippen MR) is 77.3 cm³/mol. The highest BCUT2D eigenvalue weighted by molar-refractivity contribution is 5.81. The largest absolute Gasteiger partial charge is 0.481 e. The predicted octanol–water partition coefficient (Wildman–Crippen LogP) is 2.53. The Morgan fingerprint density at radius 2 is 2.29 bits per heavy atom. The Morgan fingerprint density at radius 1 is 1.48 bits per heavy atom. The van der Waals surface area contributed by atoms with E-state index in [0.29, 0.717) is 19.6 Å². The summed E-state index contributed by atoms with van der Waals surface area (Å²) in [5, 5.41) is 9.96. The first-order valence-electron chi connectivity index (χ1n) is 7.03. The average Bonchev–Trinajstić information content (AvgIpc) is 2.79. The van der Waals surface area contributed by atoms with Gasteiger partial charge in [-0.05, 0) is 29.7 Å². The van der Waals surface area contributed by atoms with Crippen LogP contribution in [0.25, 0.3) is 10.9 Å². The zero-order chi connectivity index (χ0) is 15.0. The van der Waals surface area contributed by atoms with Crippen molar-refractivity contribution in [3.63, 3.8) is 0 Å². The summed E-state index contributed by atoms with van der Waals surface area (Å²) >= 11 is 0. The van der Waals surface area contributed by atoms with Crippen LogP contribution in [-0.2, 0) is 11.3 Å². The first-order chi connectivity index (χ1) is 10.0. The number of aliphatic carboxylic acids is 1. The number of fused-ring (bicyclic) bond motifs is 1. The standard InChI is InChI=1S/C16H17FN2O2/c1-10-7-19(9-14(10)16(20)21)8-12-6-13(17)5-11-3-2-4-18-15(11)12/h2-6,10,14H,7-9H2,1H3,(H,20,21). The van der Waals surface area contributed by atoms with E-state index in [1.54, 1.807) is 12.3 Å². The maximum Gasteiger partial charge on any atom is 0.308 e. The van der Waals surface area contributed by atoms with Crippen LogP contribution in [0.2, 0.25) is 0 Å². The third-order valence-electron chi connectivity index (χ3n) is 4.15. The van der Waals surface area contributed by atoms with Crippen molar-refractivity contribution in [3.8, 4) is 0 Å². The van der Waals surface area contributed by atoms with Crippen molar-refractivity contribution in [3.05, 3.63) is 41.8 Å². The van der Waals surface area contributed by atoms with Crippen LogP contribution in [0.15, 0.2) is 30.5 Å². The highest BCUT2D eigenvalue weighted by Crippen LogP contribution is 2.27. The zero-order valence-electron chi connectivity index (χ0n) is 11.8. The molecule has 2 heterocycles. The Bertz CT molecular complexity index is 689. The summed E-state index contributed by atoms with van der Waals surface area (Å²) in [6.45, 7) is 3.68. The van der Waals surface area contributed by atoms with Crippen LogP contribution in [0, 0.1) is 17.7 Å². The summed E-state index contributed by atoms with van der Waals surface area (Å²) in [4.78, 5) is 17.6. The molecule has 5 heteroatoms. The summed E-state index contributed by atoms with van der Waals surface area (Å²) in [7, 11) is 0. The number of benzene rings is 1. The molecule has 21 heavy (non-hydrogen) atoms. The van der Waals surface area contributed by atoms with E-state index in [-0.39, 0.29) is 17.7 Å². The molecule has 0 radical (unpaired) electrons. The minimum absolute atomic E-state index is 0.107. The van der Waals surface area contributed by atoms with Gasteiger partial charge in [0.05, 0.1) is 11.4 Å². The van der Waals surface area contributed by atoms with Gasteiger partial charge in [0.1, 0.15) is 5.82 Å². The molecule has 0 saturated carbocycles. The molecule has 4 nitrogen and oxygen atoms in total. The number of hydrogen-bond acceptors (Lipinski definition) is 3. The second-order valence-corrected chi connectivity index (χ2v) is 5.76. The van der Waals surface area contributed by atoms with Crippen molar-refractivity contribution < 1.29 is 14.3 Å². The number of carboxylic acids is 1. The van der Waals surface area contributed by atoms with Crippen LogP contribution in [0.5, 0.6) is 0 Å². The Hall–Kier alpha value is -2.01. The first-order valence-corrected chi connectivity index (χ1v) is 7.03. The molecule has 3 rings (SSSR count). The van der Waals surface area contributed by atoms with E-state index in [1.807, 2.05) is 13.0 Å². The second kappa shape index (κ2) is 5.41. The minimum atomic E-state index is -0.757. The molecule has 2 atom stereocenters. The van der Waals surface area contributed by atoms with Gasteiger partial charge in [0.15, 0.2) is 0 Å². The summed E-state index contributed by atoms with van der Waals surface area (Å²) in [5.41, 5.74) is 1.59. The lowest BCUT2D eigenvalue weighted by molar-refractivity contribution is -0.142. The van der Waals surface area contributed by atoms with Crippen molar-refractivity contribution in [2.24, 2.45) is 11.8 Å². The van der Waals surface area contributed by atoms with E-state index < -0.39 is 5.97 Å². The van der Waals surface area contributed by atoms with Gasteiger partial charge in [-0.3, -0.25) is 14.7 Å². The molecule has 1 fully saturated rings. The lowest BCUT2D eigenvalue weighted by atomic mass is 9.99. The summed E-state index contributed by atoms with van der Waals surface area (Å²) in [6.07, 6.45) is 1.69. The molecule has 1 aromatic heterocycles. The normalized spacial score (nSPS) is 22.8. The molecule has 110 valence electrons. The van der Waals surface area contributed by atoms with Crippen molar-refractivity contribution in [2.75, 3.05) is 13.1 Å². The molecule has 1 aliphatic heterocycles. The molecule has 1 aliphatic rings. The average molecular weight is 288 g/mol. The van der Waals surface area contributed by atoms with Crippen LogP contribution in [0.3, 0.4) is 0 Å². The van der Waals surface area contributed by atoms with E-state index in [4.69, 9.17) is 0 Å². The van der Waals surface area contributed by atoms with E-state index in [0.717, 1.165) is 16.5 Å². The molecule has 1 saturated heterocycles. The molecule has 0 amide bonds. The molecule has 0 aliphatic carbocycles. The monoisotopic (exact) mass is 288 g/mol. The fourth-order valence-corrected chi connectivity index (χ4v) is 3.11. The number of carboxylic acid groups (broad SMARTS) is 1. The fraction of sp³-hybridized carbons (Fsp3) is 0.375. The van der Waals surface area contributed by atoms with Gasteiger partial charge in [-0.2, -0.15) is 0 Å². The highest BCUT2D eigenvalue weighted by atomic mass is 19.1. The van der Waals surface area contributed by atoms with E-state index in [1.165, 1.54) is 12.1 Å². The van der Waals surface area contributed by atoms with Gasteiger partial charge >= 0.3 is 5.97 Å². The lowest BCUT2D eigenvalue weighted by Gasteiger charge is -2.16. The van der Waals surface area contributed by atoms with Gasteiger partial charge in [0.25, 0.3) is 0 Å². The number of pyridine rings is 1. The number of halogens is 1. The second-order valence-electron chi connectivity index (χ2n) is 5.76. The fourth-order valence-electron chi connectivity index (χ4n) is 3.11. The number of rotatable bonds is 3. The third kappa shape index (κ3) is 2.74. The number of aromatic nitrogens is 1. The molecule has 2 unspecified atom stereocenters. The quantitative estimate of drug-likeness (QED) is 0.943. The SMILES string of the molecule is CC1CN(Cc2cc(F)cc3cccnc23)CC1C(=O)O. The van der Waals surface area contributed by atoms with Crippen LogP contribution < -0.4 is 0 Å². The molecule has 0 spiro atoms. The molecular weight excluding hydrogens is 271 g/mol. The first kappa shape index (κ1) is 13.9. The number of carbonyl (C=O) groups is 1. The Kier molecular flexibility index (Phi) is 3.59. The van der Waals surface area contributed by atoms with Crippen LogP contribution in [0.1, 0.15) is 12.5 Å². The van der Waals surface area contributed by atoms with E-state index in [2.05, 4.69) is 9.88 Å². The maximum atomic E-state index is 13.7. The van der Waals surface area contributed by atoms with Gasteiger partial charge in [-0.25, -0.2) is 4.39 Å². The van der Waals surface area contributed by atoms with Gasteiger partial charge in [0.2, 0.25) is 0 Å². The number of likely N-dealkylation sites (tertiary alicyclic amines) is 1. The van der Waals surface area contributed by atoms with Gasteiger partial charge in [0, 0.05) is 31.2 Å². The smallest absolute Gasteiger partial charge is 0.308 e. The van der Waals surface area contributed by atoms with Crippen LogP contribution in [0.4, 0.5) is 4.39 Å². The van der Waals surface area contributed by atoms with Crippen molar-refractivity contribution in [2.45, 2.75) is 13.5 Å². The third-order valence-corrected chi connectivity index (χ3v) is 4.15. The van der Waals surface area contributed by atoms with E-state index in [9.17, 15) is 14.3 Å². The van der Waals surface area contributed by atoms with Crippen molar-refractivity contribution >= 4 is 16.9 Å². The van der Waals surface area contributed by atoms with E-state index >= 15 is 0 Å². The van der Waals surface area contributed by atoms with Gasteiger partial charge < -0.3 is 5.11 Å². The van der Waals surface area contributed by atoms with Gasteiger partial charge in [-0.1, -0.05) is 13.0 Å². The van der Waals surface area contributed by atoms with Gasteiger partial charge in [-0.15, -0.1) is 0 Å². The van der Waals surface area contributed by atoms with Crippen molar-refractivity contribution in [1.29, 1.82) is 0 Å². The molecule has 2 aromatic rings. The Balaban J connectivity index is 1.87. The Labute approximate surface area is 122 Å². The summed E-state index contributed by atoms with van der Waals surface area (Å²) in [6, 6.07) is 6.58. The summed E-state index contributed by atoms with van der Waals surface area (Å²) in [5.74, 6) is -1.28. The molecule has 1 aromatic carbocycles.